The first-order valence-corrected chi connectivity index (χ1v) is 7.26. The van der Waals surface area contributed by atoms with Crippen LogP contribution in [0.3, 0.4) is 0 Å². The summed E-state index contributed by atoms with van der Waals surface area (Å²) in [6.45, 7) is 2.38. The van der Waals surface area contributed by atoms with Gasteiger partial charge in [0.25, 0.3) is 0 Å². The third kappa shape index (κ3) is 3.95. The normalized spacial score (nSPS) is 19.2. The number of benzene rings is 1. The highest BCUT2D eigenvalue weighted by Gasteiger charge is 2.33. The van der Waals surface area contributed by atoms with E-state index in [1.54, 1.807) is 25.1 Å². The number of carboxylic acid groups (broad SMARTS) is 1. The quantitative estimate of drug-likeness (QED) is 0.876. The Hall–Kier alpha value is -1.59. The topological polar surface area (TPSA) is 75.6 Å². The SMILES string of the molecule is Cc1c(Cl)cccc1NC(=O)[C@H](CC(=O)O)[C@H]1CCCO1. The summed E-state index contributed by atoms with van der Waals surface area (Å²) in [5.41, 5.74) is 1.36. The molecule has 114 valence electrons. The van der Waals surface area contributed by atoms with E-state index in [1.807, 2.05) is 0 Å². The first-order valence-electron chi connectivity index (χ1n) is 6.88. The van der Waals surface area contributed by atoms with Crippen LogP contribution in [-0.2, 0) is 14.3 Å². The number of aliphatic carboxylic acids is 1. The average Bonchev–Trinajstić information content (AvgIpc) is 2.94. The van der Waals surface area contributed by atoms with E-state index in [1.165, 1.54) is 0 Å². The Morgan fingerprint density at radius 2 is 2.29 bits per heavy atom. The second kappa shape index (κ2) is 6.91. The van der Waals surface area contributed by atoms with E-state index in [0.717, 1.165) is 12.0 Å². The maximum atomic E-state index is 12.4. The molecule has 2 rings (SSSR count). The minimum Gasteiger partial charge on any atom is -0.481 e. The van der Waals surface area contributed by atoms with Crippen LogP contribution in [-0.4, -0.2) is 29.7 Å². The van der Waals surface area contributed by atoms with Crippen molar-refractivity contribution in [3.8, 4) is 0 Å². The summed E-state index contributed by atoms with van der Waals surface area (Å²) in [6.07, 6.45) is 0.987. The molecule has 2 N–H and O–H groups in total. The molecular formula is C15H18ClNO4. The standard InChI is InChI=1S/C15H18ClNO4/c1-9-11(16)4-2-5-12(9)17-15(20)10(8-14(18)19)13-6-3-7-21-13/h2,4-5,10,13H,3,6-8H2,1H3,(H,17,20)(H,18,19)/t10-,13-/m1/s1. The van der Waals surface area contributed by atoms with Crippen molar-refractivity contribution in [3.63, 3.8) is 0 Å². The third-order valence-corrected chi connectivity index (χ3v) is 4.08. The summed E-state index contributed by atoms with van der Waals surface area (Å²) in [6, 6.07) is 5.22. The molecule has 0 aliphatic carbocycles. The summed E-state index contributed by atoms with van der Waals surface area (Å²) in [4.78, 5) is 23.4. The Kier molecular flexibility index (Phi) is 5.20. The summed E-state index contributed by atoms with van der Waals surface area (Å²) < 4.78 is 5.48. The van der Waals surface area contributed by atoms with Gasteiger partial charge in [0.1, 0.15) is 0 Å². The number of hydrogen-bond acceptors (Lipinski definition) is 3. The van der Waals surface area contributed by atoms with Gasteiger partial charge < -0.3 is 15.2 Å². The lowest BCUT2D eigenvalue weighted by Crippen LogP contribution is -2.34. The van der Waals surface area contributed by atoms with Crippen LogP contribution in [0.5, 0.6) is 0 Å². The molecular weight excluding hydrogens is 294 g/mol. The Bertz CT molecular complexity index is 540. The maximum Gasteiger partial charge on any atom is 0.304 e. The van der Waals surface area contributed by atoms with Gasteiger partial charge in [-0.2, -0.15) is 0 Å². The van der Waals surface area contributed by atoms with Crippen LogP contribution in [0.4, 0.5) is 5.69 Å². The molecule has 0 saturated carbocycles. The van der Waals surface area contributed by atoms with Crippen LogP contribution in [0, 0.1) is 12.8 Å². The Morgan fingerprint density at radius 3 is 2.90 bits per heavy atom. The minimum atomic E-state index is -1.01. The van der Waals surface area contributed by atoms with Gasteiger partial charge in [0, 0.05) is 17.3 Å². The highest BCUT2D eigenvalue weighted by Crippen LogP contribution is 2.27. The predicted molar refractivity (Wildman–Crippen MR) is 79.5 cm³/mol. The monoisotopic (exact) mass is 311 g/mol. The molecule has 21 heavy (non-hydrogen) atoms. The van der Waals surface area contributed by atoms with Crippen molar-refractivity contribution in [2.24, 2.45) is 5.92 Å². The zero-order valence-corrected chi connectivity index (χ0v) is 12.5. The van der Waals surface area contributed by atoms with Gasteiger partial charge in [-0.3, -0.25) is 9.59 Å². The summed E-state index contributed by atoms with van der Waals surface area (Å²) in [7, 11) is 0. The van der Waals surface area contributed by atoms with Crippen molar-refractivity contribution in [2.45, 2.75) is 32.3 Å². The number of ether oxygens (including phenoxy) is 1. The van der Waals surface area contributed by atoms with Gasteiger partial charge in [-0.25, -0.2) is 0 Å². The molecule has 1 aromatic carbocycles. The number of nitrogens with one attached hydrogen (secondary N) is 1. The van der Waals surface area contributed by atoms with E-state index in [4.69, 9.17) is 21.4 Å². The second-order valence-corrected chi connectivity index (χ2v) is 5.56. The van der Waals surface area contributed by atoms with E-state index in [9.17, 15) is 9.59 Å². The number of carbonyl (C=O) groups is 2. The van der Waals surface area contributed by atoms with Gasteiger partial charge in [0.2, 0.25) is 5.91 Å². The molecule has 0 spiro atoms. The van der Waals surface area contributed by atoms with Crippen molar-refractivity contribution >= 4 is 29.2 Å². The number of carbonyl (C=O) groups excluding carboxylic acids is 1. The molecule has 1 saturated heterocycles. The minimum absolute atomic E-state index is 0.240. The number of anilines is 1. The number of amides is 1. The van der Waals surface area contributed by atoms with Crippen LogP contribution in [0.25, 0.3) is 0 Å². The zero-order valence-electron chi connectivity index (χ0n) is 11.8. The van der Waals surface area contributed by atoms with E-state index >= 15 is 0 Å². The highest BCUT2D eigenvalue weighted by atomic mass is 35.5. The van der Waals surface area contributed by atoms with Crippen molar-refractivity contribution in [1.29, 1.82) is 0 Å². The molecule has 1 aliphatic rings. The molecule has 1 heterocycles. The molecule has 5 nitrogen and oxygen atoms in total. The van der Waals surface area contributed by atoms with Gasteiger partial charge in [0.15, 0.2) is 0 Å². The van der Waals surface area contributed by atoms with Crippen LogP contribution in [0.15, 0.2) is 18.2 Å². The van der Waals surface area contributed by atoms with Crippen LogP contribution >= 0.6 is 11.6 Å². The van der Waals surface area contributed by atoms with Gasteiger partial charge in [-0.05, 0) is 37.5 Å². The fourth-order valence-corrected chi connectivity index (χ4v) is 2.64. The van der Waals surface area contributed by atoms with Crippen LogP contribution in [0.2, 0.25) is 5.02 Å². The lowest BCUT2D eigenvalue weighted by molar-refractivity contribution is -0.142. The Balaban J connectivity index is 2.14. The molecule has 2 atom stereocenters. The van der Waals surface area contributed by atoms with E-state index in [2.05, 4.69) is 5.32 Å². The van der Waals surface area contributed by atoms with Crippen molar-refractivity contribution in [3.05, 3.63) is 28.8 Å². The van der Waals surface area contributed by atoms with Crippen molar-refractivity contribution in [1.82, 2.24) is 0 Å². The summed E-state index contributed by atoms with van der Waals surface area (Å²) >= 11 is 6.02. The first kappa shape index (κ1) is 15.8. The van der Waals surface area contributed by atoms with Gasteiger partial charge >= 0.3 is 5.97 Å². The fraction of sp³-hybridized carbons (Fsp3) is 0.467. The molecule has 0 aromatic heterocycles. The number of hydrogen-bond donors (Lipinski definition) is 2. The highest BCUT2D eigenvalue weighted by molar-refractivity contribution is 6.31. The largest absolute Gasteiger partial charge is 0.481 e. The average molecular weight is 312 g/mol. The van der Waals surface area contributed by atoms with Crippen LogP contribution < -0.4 is 5.32 Å². The van der Waals surface area contributed by atoms with E-state index < -0.39 is 11.9 Å². The van der Waals surface area contributed by atoms with Gasteiger partial charge in [-0.15, -0.1) is 0 Å². The number of carboxylic acids is 1. The molecule has 1 aromatic rings. The lowest BCUT2D eigenvalue weighted by atomic mass is 9.95. The summed E-state index contributed by atoms with van der Waals surface area (Å²) in [5, 5.41) is 12.3. The smallest absolute Gasteiger partial charge is 0.304 e. The molecule has 0 unspecified atom stereocenters. The Morgan fingerprint density at radius 1 is 1.52 bits per heavy atom. The molecule has 0 bridgehead atoms. The molecule has 1 amide bonds. The van der Waals surface area contributed by atoms with E-state index in [0.29, 0.717) is 23.7 Å². The predicted octanol–water partition coefficient (Wildman–Crippen LogP) is 2.86. The van der Waals surface area contributed by atoms with Gasteiger partial charge in [0.05, 0.1) is 18.4 Å². The zero-order chi connectivity index (χ0) is 15.4. The lowest BCUT2D eigenvalue weighted by Gasteiger charge is -2.21. The maximum absolute atomic E-state index is 12.4. The number of rotatable bonds is 5. The van der Waals surface area contributed by atoms with Crippen LogP contribution in [0.1, 0.15) is 24.8 Å². The van der Waals surface area contributed by atoms with E-state index in [-0.39, 0.29) is 18.4 Å². The fourth-order valence-electron chi connectivity index (χ4n) is 2.47. The Labute approximate surface area is 128 Å². The molecule has 6 heteroatoms. The molecule has 1 aliphatic heterocycles. The van der Waals surface area contributed by atoms with Crippen molar-refractivity contribution in [2.75, 3.05) is 11.9 Å². The molecule has 0 radical (unpaired) electrons. The van der Waals surface area contributed by atoms with Gasteiger partial charge in [-0.1, -0.05) is 17.7 Å². The van der Waals surface area contributed by atoms with Crippen molar-refractivity contribution < 1.29 is 19.4 Å². The first-order chi connectivity index (χ1) is 9.99. The summed E-state index contributed by atoms with van der Waals surface area (Å²) in [5.74, 6) is -2.04. The third-order valence-electron chi connectivity index (χ3n) is 3.67. The molecule has 1 fully saturated rings. The second-order valence-electron chi connectivity index (χ2n) is 5.16. The number of halogens is 1.